The number of esters is 1. The van der Waals surface area contributed by atoms with E-state index in [4.69, 9.17) is 31.0 Å². The summed E-state index contributed by atoms with van der Waals surface area (Å²) in [5, 5.41) is 15.7. The Bertz CT molecular complexity index is 3260. The van der Waals surface area contributed by atoms with Crippen molar-refractivity contribution in [1.82, 2.24) is 50.8 Å². The van der Waals surface area contributed by atoms with E-state index < -0.39 is 35.4 Å². The highest BCUT2D eigenvalue weighted by molar-refractivity contribution is 8.18. The number of imide groups is 2. The second-order valence-electron chi connectivity index (χ2n) is 19.2. The number of pyridine rings is 2. The van der Waals surface area contributed by atoms with Crippen molar-refractivity contribution in [3.05, 3.63) is 139 Å². The van der Waals surface area contributed by atoms with E-state index in [9.17, 15) is 33.6 Å². The lowest BCUT2D eigenvalue weighted by atomic mass is 9.83. The van der Waals surface area contributed by atoms with Crippen LogP contribution in [0.2, 0.25) is 0 Å². The van der Waals surface area contributed by atoms with Crippen molar-refractivity contribution >= 4 is 110 Å². The molecule has 10 rings (SSSR count). The van der Waals surface area contributed by atoms with Crippen LogP contribution in [-0.2, 0) is 54.5 Å². The summed E-state index contributed by atoms with van der Waals surface area (Å²) >= 11 is 9.76. The number of aromatic nitrogens is 6. The van der Waals surface area contributed by atoms with Crippen molar-refractivity contribution < 1.29 is 47.8 Å². The van der Waals surface area contributed by atoms with Crippen LogP contribution in [0.5, 0.6) is 0 Å². The number of hydrogen-bond acceptors (Lipinski definition) is 21. The first kappa shape index (κ1) is 65.9. The maximum atomic E-state index is 13.1. The zero-order chi connectivity index (χ0) is 57.8. The van der Waals surface area contributed by atoms with Crippen LogP contribution in [0, 0.1) is 11.8 Å². The summed E-state index contributed by atoms with van der Waals surface area (Å²) in [5.41, 5.74) is 6.35. The van der Waals surface area contributed by atoms with Crippen molar-refractivity contribution in [3.63, 3.8) is 0 Å². The maximum absolute atomic E-state index is 13.1. The van der Waals surface area contributed by atoms with Crippen molar-refractivity contribution in [3.8, 4) is 22.5 Å². The van der Waals surface area contributed by atoms with E-state index in [1.807, 2.05) is 35.0 Å². The fourth-order valence-electron chi connectivity index (χ4n) is 9.46. The Hall–Kier alpha value is -7.22. The van der Waals surface area contributed by atoms with Crippen LogP contribution in [0.25, 0.3) is 34.7 Å². The van der Waals surface area contributed by atoms with E-state index in [-0.39, 0.29) is 38.6 Å². The average molecular weight is 1240 g/mol. The third-order valence-corrected chi connectivity index (χ3v) is 16.5. The van der Waals surface area contributed by atoms with Gasteiger partial charge in [-0.15, -0.1) is 0 Å². The molecule has 25 heteroatoms. The van der Waals surface area contributed by atoms with E-state index in [1.54, 1.807) is 71.2 Å². The van der Waals surface area contributed by atoms with Crippen LogP contribution in [0.4, 0.5) is 19.2 Å². The van der Waals surface area contributed by atoms with E-state index >= 15 is 0 Å². The summed E-state index contributed by atoms with van der Waals surface area (Å²) in [6, 6.07) is 20.0. The molecule has 4 aliphatic rings. The molecule has 2 aliphatic heterocycles. The van der Waals surface area contributed by atoms with Gasteiger partial charge in [-0.1, -0.05) is 27.0 Å². The summed E-state index contributed by atoms with van der Waals surface area (Å²) in [6.45, 7) is 3.90. The molecular weight excluding hydrogens is 1170 g/mol. The number of nitrogens with one attached hydrogen (secondary N) is 3. The summed E-state index contributed by atoms with van der Waals surface area (Å²) in [5.74, 6) is 0.994. The zero-order valence-electron chi connectivity index (χ0n) is 44.8. The Morgan fingerprint density at radius 1 is 0.667 bits per heavy atom. The number of thioether (sulfide) groups is 2. The maximum Gasteiger partial charge on any atom is 0.413 e. The smallest absolute Gasteiger partial charge is 0.413 e. The summed E-state index contributed by atoms with van der Waals surface area (Å²) < 4.78 is 14.3. The van der Waals surface area contributed by atoms with Gasteiger partial charge in [0.1, 0.15) is 11.6 Å². The summed E-state index contributed by atoms with van der Waals surface area (Å²) in [7, 11) is 0. The van der Waals surface area contributed by atoms with Gasteiger partial charge in [-0.2, -0.15) is 22.7 Å². The molecule has 2 saturated heterocycles. The van der Waals surface area contributed by atoms with Crippen LogP contribution < -0.4 is 16.0 Å². The molecule has 444 valence electrons. The van der Waals surface area contributed by atoms with E-state index in [2.05, 4.69) is 75.6 Å². The van der Waals surface area contributed by atoms with Gasteiger partial charge in [-0.3, -0.25) is 49.5 Å². The van der Waals surface area contributed by atoms with Crippen LogP contribution in [0.1, 0.15) is 114 Å². The van der Waals surface area contributed by atoms with Crippen LogP contribution in [-0.4, -0.2) is 100 Å². The number of ether oxygens (including phenoxy) is 3. The third kappa shape index (κ3) is 20.5. The SMILES string of the molecule is C.C.CC(=O)OCOC(=O)N(Cc1cccc(-c2ccsc2)n1)C1CCC(Cc2nccc(/C=C3\SC(=O)NC3=O)n2)CC1.CCOC(=O)Cl.O=C1NC(=O)/C(=C/c2ccnc(CC3CCC(NCc4cccc(-c5ccsc5)n4)CC3)n2)S1. The first-order valence-electron chi connectivity index (χ1n) is 26.5. The van der Waals surface area contributed by atoms with Gasteiger partial charge in [0.15, 0.2) is 0 Å². The van der Waals surface area contributed by atoms with Crippen LogP contribution >= 0.6 is 57.8 Å². The van der Waals surface area contributed by atoms with Crippen molar-refractivity contribution in [2.24, 2.45) is 11.8 Å². The molecule has 6 aromatic rings. The standard InChI is InChI=1S/C29H29N5O6S2.C25H25N5O2S2.C3H5ClO2.2CH4/c1-18(35)39-17-40-29(38)34(15-22-3-2-4-24(31-22)20-10-12-41-16-20)23-7-5-19(6-8-23)13-26-30-11-9-21(32-26)14-25-27(36)33-28(37)42-25;31-24-22(34-25(32)30-24)13-19-8-10-26-23(29-19)12-16-4-6-18(7-5-16)27-14-20-2-1-3-21(28-20)17-9-11-33-15-17;1-2-6-3(4)5;;/h2-4,9-12,14,16,19,23H,5-8,13,15,17H2,1H3,(H,33,36,37);1-3,8-11,13,15-16,18,27H,4-7,12,14H2,(H,30,31,32);2H2,1H3;2*1H4/b25-14-;22-13-;;;. The van der Waals surface area contributed by atoms with Gasteiger partial charge >= 0.3 is 17.5 Å². The largest absolute Gasteiger partial charge is 0.454 e. The number of nitrogens with zero attached hydrogens (tertiary/aromatic N) is 7. The van der Waals surface area contributed by atoms with Crippen LogP contribution in [0.15, 0.2) is 104 Å². The van der Waals surface area contributed by atoms with Crippen molar-refractivity contribution in [1.29, 1.82) is 0 Å². The number of carbonyl (C=O) groups is 7. The Morgan fingerprint density at radius 3 is 1.63 bits per heavy atom. The average Bonchev–Trinajstić information content (AvgIpc) is 4.37. The number of thiophene rings is 2. The van der Waals surface area contributed by atoms with E-state index in [0.717, 1.165) is 122 Å². The van der Waals surface area contributed by atoms with E-state index in [0.29, 0.717) is 57.9 Å². The molecule has 0 atom stereocenters. The molecule has 0 bridgehead atoms. The number of rotatable bonds is 17. The first-order chi connectivity index (χ1) is 39.7. The second-order valence-corrected chi connectivity index (χ2v) is 23.1. The fraction of sp³-hybridized carbons (Fsp3) is 0.373. The van der Waals surface area contributed by atoms with Gasteiger partial charge in [0.2, 0.25) is 6.79 Å². The Labute approximate surface area is 509 Å². The molecule has 2 saturated carbocycles. The van der Waals surface area contributed by atoms with Gasteiger partial charge in [0.05, 0.1) is 57.1 Å². The normalized spacial score (nSPS) is 19.0. The van der Waals surface area contributed by atoms with Gasteiger partial charge in [0, 0.05) is 84.3 Å². The lowest BCUT2D eigenvalue weighted by Crippen LogP contribution is -2.43. The predicted octanol–water partition coefficient (Wildman–Crippen LogP) is 12.7. The molecule has 0 radical (unpaired) electrons. The lowest BCUT2D eigenvalue weighted by molar-refractivity contribution is -0.149. The topological polar surface area (TPSA) is 264 Å². The molecule has 3 N–H and O–H groups in total. The minimum atomic E-state index is -0.738. The molecule has 84 heavy (non-hydrogen) atoms. The quantitative estimate of drug-likeness (QED) is 0.0332. The minimum Gasteiger partial charge on any atom is -0.454 e. The highest BCUT2D eigenvalue weighted by Crippen LogP contribution is 2.33. The molecule has 4 fully saturated rings. The highest BCUT2D eigenvalue weighted by atomic mass is 35.5. The molecule has 0 spiro atoms. The van der Waals surface area contributed by atoms with Crippen LogP contribution in [0.3, 0.4) is 0 Å². The molecular formula is C59H67ClN10O10S4. The van der Waals surface area contributed by atoms with Gasteiger partial charge in [0.25, 0.3) is 22.3 Å². The number of amides is 5. The number of hydrogen-bond donors (Lipinski definition) is 3. The van der Waals surface area contributed by atoms with Gasteiger partial charge < -0.3 is 19.5 Å². The molecule has 6 aromatic heterocycles. The van der Waals surface area contributed by atoms with Crippen molar-refractivity contribution in [2.45, 2.75) is 118 Å². The minimum absolute atomic E-state index is 0. The Morgan fingerprint density at radius 2 is 1.18 bits per heavy atom. The first-order valence-corrected chi connectivity index (χ1v) is 30.4. The molecule has 8 heterocycles. The predicted molar refractivity (Wildman–Crippen MR) is 328 cm³/mol. The third-order valence-electron chi connectivity index (χ3n) is 13.4. The van der Waals surface area contributed by atoms with Crippen molar-refractivity contribution in [2.75, 3.05) is 13.4 Å². The zero-order valence-corrected chi connectivity index (χ0v) is 48.8. The fourth-order valence-corrected chi connectivity index (χ4v) is 12.2. The number of halogens is 1. The Balaban J connectivity index is 0.000000244. The molecule has 5 amide bonds. The monoisotopic (exact) mass is 1240 g/mol. The second kappa shape index (κ2) is 33.3. The highest BCUT2D eigenvalue weighted by Gasteiger charge is 2.32. The summed E-state index contributed by atoms with van der Waals surface area (Å²) in [4.78, 5) is 110. The van der Waals surface area contributed by atoms with E-state index in [1.165, 1.54) is 12.5 Å². The Kier molecular flexibility index (Phi) is 26.1. The van der Waals surface area contributed by atoms with Gasteiger partial charge in [-0.05, 0) is 165 Å². The summed E-state index contributed by atoms with van der Waals surface area (Å²) in [6.07, 6.45) is 15.2. The molecule has 0 aromatic carbocycles. The number of carbonyl (C=O) groups excluding carboxylic acids is 7. The molecule has 0 unspecified atom stereocenters. The van der Waals surface area contributed by atoms with Gasteiger partial charge in [-0.25, -0.2) is 29.5 Å². The molecule has 20 nitrogen and oxygen atoms in total. The molecule has 2 aliphatic carbocycles. The lowest BCUT2D eigenvalue weighted by Gasteiger charge is -2.36.